The van der Waals surface area contributed by atoms with Crippen LogP contribution < -0.4 is 16.1 Å². The number of fused-ring (bicyclic) bond motifs is 1. The summed E-state index contributed by atoms with van der Waals surface area (Å²) in [5.74, 6) is -0.570. The summed E-state index contributed by atoms with van der Waals surface area (Å²) in [6.07, 6.45) is -0.756. The molecule has 0 aliphatic rings. The Morgan fingerprint density at radius 2 is 1.86 bits per heavy atom. The summed E-state index contributed by atoms with van der Waals surface area (Å²) in [6, 6.07) is 11.3. The number of aryl methyl sites for hydroxylation is 2. The van der Waals surface area contributed by atoms with Gasteiger partial charge >= 0.3 is 6.09 Å². The van der Waals surface area contributed by atoms with Crippen molar-refractivity contribution in [2.45, 2.75) is 13.8 Å². The van der Waals surface area contributed by atoms with Crippen molar-refractivity contribution in [3.05, 3.63) is 64.7 Å². The number of hydrogen-bond acceptors (Lipinski definition) is 6. The van der Waals surface area contributed by atoms with Crippen LogP contribution in [0.25, 0.3) is 11.0 Å². The Morgan fingerprint density at radius 3 is 2.57 bits per heavy atom. The zero-order chi connectivity index (χ0) is 20.3. The van der Waals surface area contributed by atoms with Gasteiger partial charge in [0.1, 0.15) is 11.3 Å². The predicted molar refractivity (Wildman–Crippen MR) is 103 cm³/mol. The minimum absolute atomic E-state index is 0.0326. The van der Waals surface area contributed by atoms with Gasteiger partial charge in [-0.3, -0.25) is 4.79 Å². The number of hydrogen-bond donors (Lipinski definition) is 3. The second-order valence-corrected chi connectivity index (χ2v) is 6.14. The molecular formula is C20H19N3O5. The molecule has 0 aliphatic carbocycles. The minimum atomic E-state index is -0.756. The molecule has 3 N–H and O–H groups in total. The number of phenolic OH excluding ortho intramolecular Hbond substituents is 1. The Balaban J connectivity index is 2.03. The zero-order valence-corrected chi connectivity index (χ0v) is 15.6. The fourth-order valence-corrected chi connectivity index (χ4v) is 2.52. The summed E-state index contributed by atoms with van der Waals surface area (Å²) in [4.78, 5) is 24.0. The van der Waals surface area contributed by atoms with Crippen molar-refractivity contribution in [1.82, 2.24) is 5.43 Å². The maximum absolute atomic E-state index is 12.7. The van der Waals surface area contributed by atoms with Crippen LogP contribution in [0.2, 0.25) is 0 Å². The molecule has 2 amide bonds. The summed E-state index contributed by atoms with van der Waals surface area (Å²) in [7, 11) is 1.21. The third kappa shape index (κ3) is 4.12. The lowest BCUT2D eigenvalue weighted by Crippen LogP contribution is -2.22. The molecule has 8 nitrogen and oxygen atoms in total. The molecule has 8 heteroatoms. The highest BCUT2D eigenvalue weighted by Crippen LogP contribution is 2.20. The van der Waals surface area contributed by atoms with E-state index in [9.17, 15) is 14.7 Å². The molecule has 2 aromatic carbocycles. The molecule has 3 rings (SSSR count). The Labute approximate surface area is 160 Å². The van der Waals surface area contributed by atoms with Gasteiger partial charge in [-0.25, -0.2) is 10.2 Å². The maximum atomic E-state index is 12.7. The molecule has 0 unspecified atom stereocenters. The van der Waals surface area contributed by atoms with Gasteiger partial charge < -0.3 is 19.6 Å². The molecular weight excluding hydrogens is 362 g/mol. The Hall–Kier alpha value is -3.81. The molecule has 0 fully saturated rings. The average molecular weight is 381 g/mol. The van der Waals surface area contributed by atoms with E-state index in [1.54, 1.807) is 12.1 Å². The van der Waals surface area contributed by atoms with E-state index in [1.807, 2.05) is 26.0 Å². The Kier molecular flexibility index (Phi) is 5.30. The van der Waals surface area contributed by atoms with E-state index < -0.39 is 12.0 Å². The molecule has 0 saturated carbocycles. The second kappa shape index (κ2) is 7.83. The fourth-order valence-electron chi connectivity index (χ4n) is 2.52. The van der Waals surface area contributed by atoms with Crippen molar-refractivity contribution in [2.24, 2.45) is 5.10 Å². The summed E-state index contributed by atoms with van der Waals surface area (Å²) in [5.41, 5.74) is 5.21. The second-order valence-electron chi connectivity index (χ2n) is 6.14. The zero-order valence-electron chi connectivity index (χ0n) is 15.6. The lowest BCUT2D eigenvalue weighted by molar-refractivity contribution is 0.0997. The third-order valence-corrected chi connectivity index (χ3v) is 4.17. The number of carbonyl (C=O) groups is 2. The molecule has 1 aromatic heterocycles. The quantitative estimate of drug-likeness (QED) is 0.603. The van der Waals surface area contributed by atoms with Gasteiger partial charge in [0, 0.05) is 23.2 Å². The molecule has 3 aromatic rings. The molecule has 28 heavy (non-hydrogen) atoms. The highest BCUT2D eigenvalue weighted by molar-refractivity contribution is 6.03. The lowest BCUT2D eigenvalue weighted by atomic mass is 10.1. The van der Waals surface area contributed by atoms with Gasteiger partial charge in [0.2, 0.25) is 0 Å². The van der Waals surface area contributed by atoms with Crippen LogP contribution in [0, 0.1) is 13.8 Å². The number of nitrogens with zero attached hydrogens (tertiary/aromatic N) is 1. The first-order valence-electron chi connectivity index (χ1n) is 8.40. The summed E-state index contributed by atoms with van der Waals surface area (Å²) >= 11 is 0. The van der Waals surface area contributed by atoms with Crippen LogP contribution in [0.1, 0.15) is 21.7 Å². The number of phenols is 1. The first-order valence-corrected chi connectivity index (χ1v) is 8.40. The molecule has 1 heterocycles. The summed E-state index contributed by atoms with van der Waals surface area (Å²) < 4.78 is 10.1. The van der Waals surface area contributed by atoms with Gasteiger partial charge in [-0.2, -0.15) is 5.10 Å². The van der Waals surface area contributed by atoms with Crippen molar-refractivity contribution in [3.63, 3.8) is 0 Å². The van der Waals surface area contributed by atoms with E-state index >= 15 is 0 Å². The van der Waals surface area contributed by atoms with Crippen molar-refractivity contribution in [3.8, 4) is 5.75 Å². The molecule has 0 saturated heterocycles. The summed E-state index contributed by atoms with van der Waals surface area (Å²) in [6.45, 7) is 3.93. The van der Waals surface area contributed by atoms with Gasteiger partial charge in [-0.1, -0.05) is 6.07 Å². The van der Waals surface area contributed by atoms with Crippen molar-refractivity contribution in [1.29, 1.82) is 0 Å². The highest BCUT2D eigenvalue weighted by atomic mass is 16.5. The van der Waals surface area contributed by atoms with E-state index in [2.05, 4.69) is 20.6 Å². The number of methoxy groups -OCH3 is 1. The Morgan fingerprint density at radius 1 is 1.07 bits per heavy atom. The number of nitrogens with one attached hydrogen (secondary N) is 2. The van der Waals surface area contributed by atoms with Gasteiger partial charge in [-0.05, 0) is 49.2 Å². The predicted octanol–water partition coefficient (Wildman–Crippen LogP) is 3.18. The van der Waals surface area contributed by atoms with Crippen LogP contribution in [-0.2, 0) is 4.74 Å². The standard InChI is InChI=1S/C20H19N3O5/c1-11-4-5-13(8-12(11)2)21-19(25)18-10-16(22-23-20(26)27-3)15-7-6-14(24)9-17(15)28-18/h4-10,24H,1-3H3,(H,21,25)(H,23,26)/b22-16-. The number of ether oxygens (including phenoxy) is 1. The van der Waals surface area contributed by atoms with Crippen LogP contribution in [0.4, 0.5) is 10.5 Å². The van der Waals surface area contributed by atoms with Gasteiger partial charge in [0.25, 0.3) is 5.91 Å². The number of amides is 2. The molecule has 144 valence electrons. The number of benzene rings is 2. The van der Waals surface area contributed by atoms with Crippen LogP contribution in [-0.4, -0.2) is 24.2 Å². The van der Waals surface area contributed by atoms with E-state index in [-0.39, 0.29) is 22.5 Å². The van der Waals surface area contributed by atoms with Gasteiger partial charge in [0.05, 0.1) is 12.5 Å². The van der Waals surface area contributed by atoms with E-state index in [4.69, 9.17) is 4.42 Å². The normalized spacial score (nSPS) is 11.3. The Bertz CT molecular complexity index is 1130. The minimum Gasteiger partial charge on any atom is -0.508 e. The number of aromatic hydroxyl groups is 1. The molecule has 0 bridgehead atoms. The van der Waals surface area contributed by atoms with E-state index in [0.717, 1.165) is 11.1 Å². The van der Waals surface area contributed by atoms with Crippen molar-refractivity contribution < 1.29 is 23.8 Å². The maximum Gasteiger partial charge on any atom is 0.427 e. The van der Waals surface area contributed by atoms with Crippen LogP contribution in [0.5, 0.6) is 5.75 Å². The first kappa shape index (κ1) is 19.0. The van der Waals surface area contributed by atoms with Crippen LogP contribution in [0.3, 0.4) is 0 Å². The largest absolute Gasteiger partial charge is 0.508 e. The highest BCUT2D eigenvalue weighted by Gasteiger charge is 2.13. The average Bonchev–Trinajstić information content (AvgIpc) is 2.68. The first-order chi connectivity index (χ1) is 13.4. The SMILES string of the molecule is COC(=O)N/N=c1/cc(C(=O)Nc2ccc(C)c(C)c2)oc2cc(O)ccc12. The van der Waals surface area contributed by atoms with Crippen LogP contribution in [0.15, 0.2) is 52.0 Å². The van der Waals surface area contributed by atoms with E-state index in [1.165, 1.54) is 25.3 Å². The molecule has 0 radical (unpaired) electrons. The number of carbonyl (C=O) groups excluding carboxylic acids is 2. The summed E-state index contributed by atoms with van der Waals surface area (Å²) in [5, 5.41) is 17.2. The van der Waals surface area contributed by atoms with Crippen molar-refractivity contribution >= 4 is 28.7 Å². The molecule has 0 spiro atoms. The van der Waals surface area contributed by atoms with Gasteiger partial charge in [0.15, 0.2) is 5.76 Å². The monoisotopic (exact) mass is 381 g/mol. The lowest BCUT2D eigenvalue weighted by Gasteiger charge is -2.08. The van der Waals surface area contributed by atoms with Crippen LogP contribution >= 0.6 is 0 Å². The number of rotatable bonds is 3. The number of anilines is 1. The van der Waals surface area contributed by atoms with Crippen molar-refractivity contribution in [2.75, 3.05) is 12.4 Å². The third-order valence-electron chi connectivity index (χ3n) is 4.17. The van der Waals surface area contributed by atoms with Gasteiger partial charge in [-0.15, -0.1) is 0 Å². The van der Waals surface area contributed by atoms with E-state index in [0.29, 0.717) is 11.1 Å². The smallest absolute Gasteiger partial charge is 0.427 e. The fraction of sp³-hybridized carbons (Fsp3) is 0.150. The topological polar surface area (TPSA) is 113 Å². The molecule has 0 aliphatic heterocycles. The molecule has 0 atom stereocenters.